The summed E-state index contributed by atoms with van der Waals surface area (Å²) in [6.07, 6.45) is 18.3. The lowest BCUT2D eigenvalue weighted by molar-refractivity contribution is 0.506. The first-order valence-corrected chi connectivity index (χ1v) is 5.88. The fourth-order valence-electron chi connectivity index (χ4n) is 2.01. The molecule has 75 valence electrons. The van der Waals surface area contributed by atoms with Crippen LogP contribution < -0.4 is 0 Å². The molecule has 1 aliphatic carbocycles. The second-order valence-corrected chi connectivity index (χ2v) is 4.15. The molecule has 1 rings (SSSR count). The molecule has 0 aliphatic heterocycles. The summed E-state index contributed by atoms with van der Waals surface area (Å²) in [5.41, 5.74) is 0. The highest BCUT2D eigenvalue weighted by Gasteiger charge is 2.04. The first kappa shape index (κ1) is 10.8. The van der Waals surface area contributed by atoms with Gasteiger partial charge in [0.25, 0.3) is 0 Å². The molecule has 1 radical (unpaired) electrons. The highest BCUT2D eigenvalue weighted by atomic mass is 14.1. The van der Waals surface area contributed by atoms with Crippen molar-refractivity contribution in [1.29, 1.82) is 0 Å². The van der Waals surface area contributed by atoms with E-state index in [1.165, 1.54) is 51.4 Å². The van der Waals surface area contributed by atoms with Gasteiger partial charge in [0.1, 0.15) is 0 Å². The Morgan fingerprint density at radius 3 is 2.62 bits per heavy atom. The zero-order valence-electron chi connectivity index (χ0n) is 8.97. The van der Waals surface area contributed by atoms with E-state index < -0.39 is 0 Å². The van der Waals surface area contributed by atoms with E-state index in [9.17, 15) is 0 Å². The Hall–Kier alpha value is -0.260. The summed E-state index contributed by atoms with van der Waals surface area (Å²) in [5, 5.41) is 0. The molecule has 0 saturated carbocycles. The van der Waals surface area contributed by atoms with E-state index in [0.717, 1.165) is 5.92 Å². The van der Waals surface area contributed by atoms with Gasteiger partial charge >= 0.3 is 0 Å². The zero-order chi connectivity index (χ0) is 9.36. The third-order valence-electron chi connectivity index (χ3n) is 3.02. The first-order valence-electron chi connectivity index (χ1n) is 5.88. The predicted octanol–water partition coefficient (Wildman–Crippen LogP) is 4.52. The highest BCUT2D eigenvalue weighted by Crippen LogP contribution is 2.19. The van der Waals surface area contributed by atoms with Crippen molar-refractivity contribution in [2.45, 2.75) is 58.3 Å². The van der Waals surface area contributed by atoms with Crippen molar-refractivity contribution in [3.05, 3.63) is 18.6 Å². The van der Waals surface area contributed by atoms with Crippen molar-refractivity contribution in [1.82, 2.24) is 0 Å². The van der Waals surface area contributed by atoms with E-state index in [-0.39, 0.29) is 0 Å². The van der Waals surface area contributed by atoms with Crippen LogP contribution in [0.2, 0.25) is 0 Å². The van der Waals surface area contributed by atoms with Crippen LogP contribution in [0.5, 0.6) is 0 Å². The monoisotopic (exact) mass is 179 g/mol. The third-order valence-corrected chi connectivity index (χ3v) is 3.02. The van der Waals surface area contributed by atoms with Crippen molar-refractivity contribution in [2.24, 2.45) is 5.92 Å². The Balaban J connectivity index is 2.28. The van der Waals surface area contributed by atoms with Gasteiger partial charge in [0.2, 0.25) is 0 Å². The summed E-state index contributed by atoms with van der Waals surface area (Å²) < 4.78 is 0. The molecule has 0 bridgehead atoms. The van der Waals surface area contributed by atoms with Crippen LogP contribution in [0.3, 0.4) is 0 Å². The molecular weight excluding hydrogens is 156 g/mol. The summed E-state index contributed by atoms with van der Waals surface area (Å²) in [6, 6.07) is 0. The van der Waals surface area contributed by atoms with Crippen LogP contribution >= 0.6 is 0 Å². The topological polar surface area (TPSA) is 0 Å². The number of rotatable bonds is 1. The smallest absolute Gasteiger partial charge is 0.0320 e. The summed E-state index contributed by atoms with van der Waals surface area (Å²) in [4.78, 5) is 0. The second-order valence-electron chi connectivity index (χ2n) is 4.15. The van der Waals surface area contributed by atoms with Gasteiger partial charge in [0.15, 0.2) is 0 Å². The Morgan fingerprint density at radius 1 is 1.00 bits per heavy atom. The van der Waals surface area contributed by atoms with Gasteiger partial charge in [-0.2, -0.15) is 0 Å². The normalized spacial score (nSPS) is 29.2. The SMILES string of the molecule is C[CH]C1C/C=C\CCCCCCC1. The third kappa shape index (κ3) is 5.13. The van der Waals surface area contributed by atoms with Crippen LogP contribution in [0, 0.1) is 12.3 Å². The van der Waals surface area contributed by atoms with Crippen molar-refractivity contribution < 1.29 is 0 Å². The Kier molecular flexibility index (Phi) is 5.97. The van der Waals surface area contributed by atoms with Crippen LogP contribution in [-0.2, 0) is 0 Å². The Bertz CT molecular complexity index is 135. The quantitative estimate of drug-likeness (QED) is 0.519. The molecule has 0 heteroatoms. The van der Waals surface area contributed by atoms with E-state index in [1.807, 2.05) is 0 Å². The lowest BCUT2D eigenvalue weighted by Crippen LogP contribution is -1.97. The second kappa shape index (κ2) is 7.17. The number of hydrogen-bond acceptors (Lipinski definition) is 0. The van der Waals surface area contributed by atoms with Crippen molar-refractivity contribution in [2.75, 3.05) is 0 Å². The van der Waals surface area contributed by atoms with E-state index >= 15 is 0 Å². The van der Waals surface area contributed by atoms with E-state index in [1.54, 1.807) is 0 Å². The van der Waals surface area contributed by atoms with Crippen LogP contribution in [0.1, 0.15) is 58.3 Å². The molecule has 0 aromatic heterocycles. The van der Waals surface area contributed by atoms with Crippen LogP contribution in [-0.4, -0.2) is 0 Å². The lowest BCUT2D eigenvalue weighted by atomic mass is 9.95. The Morgan fingerprint density at radius 2 is 1.77 bits per heavy atom. The molecule has 0 spiro atoms. The standard InChI is InChI=1S/C13H23/c1-2-13-11-9-7-5-3-4-6-8-10-12-13/h2,7,9,13H,3-6,8,10-12H2,1H3/b9-7-. The molecule has 1 unspecified atom stereocenters. The van der Waals surface area contributed by atoms with Gasteiger partial charge in [0.05, 0.1) is 0 Å². The molecule has 0 amide bonds. The largest absolute Gasteiger partial charge is 0.0885 e. The van der Waals surface area contributed by atoms with Crippen molar-refractivity contribution in [3.8, 4) is 0 Å². The van der Waals surface area contributed by atoms with Gasteiger partial charge in [-0.1, -0.05) is 44.8 Å². The van der Waals surface area contributed by atoms with Crippen LogP contribution in [0.15, 0.2) is 12.2 Å². The zero-order valence-corrected chi connectivity index (χ0v) is 8.97. The fraction of sp³-hybridized carbons (Fsp3) is 0.769. The van der Waals surface area contributed by atoms with E-state index in [4.69, 9.17) is 0 Å². The van der Waals surface area contributed by atoms with E-state index in [2.05, 4.69) is 25.5 Å². The van der Waals surface area contributed by atoms with Gasteiger partial charge in [0, 0.05) is 0 Å². The molecular formula is C13H23. The minimum atomic E-state index is 0.842. The van der Waals surface area contributed by atoms with E-state index in [0.29, 0.717) is 0 Å². The Labute approximate surface area is 83.4 Å². The molecule has 0 saturated heterocycles. The summed E-state index contributed by atoms with van der Waals surface area (Å²) >= 11 is 0. The number of hydrogen-bond donors (Lipinski definition) is 0. The lowest BCUT2D eigenvalue weighted by Gasteiger charge is -2.11. The first-order chi connectivity index (χ1) is 6.43. The average Bonchev–Trinajstić information content (AvgIpc) is 2.22. The number of allylic oxidation sites excluding steroid dienone is 2. The molecule has 1 aliphatic rings. The molecule has 0 nitrogen and oxygen atoms in total. The van der Waals surface area contributed by atoms with Crippen LogP contribution in [0.25, 0.3) is 0 Å². The highest BCUT2D eigenvalue weighted by molar-refractivity contribution is 4.87. The molecule has 1 atom stereocenters. The molecule has 0 N–H and O–H groups in total. The van der Waals surface area contributed by atoms with Gasteiger partial charge in [-0.15, -0.1) is 0 Å². The molecule has 13 heavy (non-hydrogen) atoms. The summed E-state index contributed by atoms with van der Waals surface area (Å²) in [7, 11) is 0. The van der Waals surface area contributed by atoms with Crippen LogP contribution in [0.4, 0.5) is 0 Å². The minimum absolute atomic E-state index is 0.842. The summed E-state index contributed by atoms with van der Waals surface area (Å²) in [5.74, 6) is 0.842. The average molecular weight is 179 g/mol. The molecule has 0 aromatic carbocycles. The molecule has 0 fully saturated rings. The summed E-state index contributed by atoms with van der Waals surface area (Å²) in [6.45, 7) is 2.21. The maximum atomic E-state index is 2.38. The predicted molar refractivity (Wildman–Crippen MR) is 59.5 cm³/mol. The molecule has 0 heterocycles. The maximum absolute atomic E-state index is 2.38. The fourth-order valence-corrected chi connectivity index (χ4v) is 2.01. The van der Waals surface area contributed by atoms with Crippen molar-refractivity contribution in [3.63, 3.8) is 0 Å². The van der Waals surface area contributed by atoms with Gasteiger partial charge in [-0.05, 0) is 38.0 Å². The molecule has 0 aromatic rings. The van der Waals surface area contributed by atoms with Crippen molar-refractivity contribution >= 4 is 0 Å². The minimum Gasteiger partial charge on any atom is -0.0885 e. The van der Waals surface area contributed by atoms with Gasteiger partial charge in [-0.3, -0.25) is 0 Å². The van der Waals surface area contributed by atoms with Gasteiger partial charge in [-0.25, -0.2) is 0 Å². The van der Waals surface area contributed by atoms with Gasteiger partial charge < -0.3 is 0 Å². The maximum Gasteiger partial charge on any atom is -0.0320 e.